The van der Waals surface area contributed by atoms with Gasteiger partial charge < -0.3 is 24.4 Å². The maximum atomic E-state index is 13.5. The lowest BCUT2D eigenvalue weighted by Crippen LogP contribution is -2.44. The van der Waals surface area contributed by atoms with E-state index in [0.29, 0.717) is 46.0 Å². The van der Waals surface area contributed by atoms with E-state index in [9.17, 15) is 22.8 Å². The molecule has 9 nitrogen and oxygen atoms in total. The van der Waals surface area contributed by atoms with Gasteiger partial charge in [0.25, 0.3) is 5.91 Å². The molecular formula is C31H37F3N4O5S. The number of hydrogen-bond donors (Lipinski definition) is 1. The number of anilines is 1. The van der Waals surface area contributed by atoms with Crippen molar-refractivity contribution in [2.24, 2.45) is 0 Å². The van der Waals surface area contributed by atoms with Crippen molar-refractivity contribution in [3.63, 3.8) is 0 Å². The Hall–Kier alpha value is -3.73. The molecule has 0 atom stereocenters. The monoisotopic (exact) mass is 634 g/mol. The van der Waals surface area contributed by atoms with Crippen molar-refractivity contribution in [3.05, 3.63) is 58.7 Å². The fourth-order valence-corrected chi connectivity index (χ4v) is 5.26. The molecule has 0 aromatic heterocycles. The number of thiocarbonyl (C=S) groups is 1. The van der Waals surface area contributed by atoms with E-state index < -0.39 is 28.7 Å². The third-order valence-electron chi connectivity index (χ3n) is 6.93. The Kier molecular flexibility index (Phi) is 12.1. The summed E-state index contributed by atoms with van der Waals surface area (Å²) >= 11 is 5.47. The largest absolute Gasteiger partial charge is 0.491 e. The first-order valence-corrected chi connectivity index (χ1v) is 14.6. The summed E-state index contributed by atoms with van der Waals surface area (Å²) < 4.78 is 57.1. The van der Waals surface area contributed by atoms with Crippen molar-refractivity contribution in [3.8, 4) is 11.8 Å². The highest BCUT2D eigenvalue weighted by atomic mass is 32.1. The first-order valence-electron chi connectivity index (χ1n) is 14.2. The SMILES string of the molecule is Cc1cc(C)cc(OCCOCCOCCNC(=O)CCCN2C(=S)N(c3ccc(C#N)c(C(F)(F)F)c3)C(=O)C2(C)C)c1. The lowest BCUT2D eigenvalue weighted by Gasteiger charge is -2.29. The lowest BCUT2D eigenvalue weighted by molar-refractivity contribution is -0.137. The fraction of sp³-hybridized carbons (Fsp3) is 0.484. The van der Waals surface area contributed by atoms with Gasteiger partial charge in [-0.15, -0.1) is 0 Å². The standard InChI is InChI=1S/C31H37F3N4O5S/c1-21-16-22(2)18-25(17-21)43-15-14-42-13-12-41-11-9-36-27(39)6-5-10-37-29(44)38(28(40)30(37,3)4)24-8-7-23(20-35)26(19-24)31(32,33)34/h7-8,16-19H,5-6,9-15H2,1-4H3,(H,36,39). The van der Waals surface area contributed by atoms with Gasteiger partial charge in [0.2, 0.25) is 5.91 Å². The van der Waals surface area contributed by atoms with E-state index in [1.165, 1.54) is 12.1 Å². The van der Waals surface area contributed by atoms with Crippen LogP contribution < -0.4 is 15.0 Å². The molecule has 1 aliphatic heterocycles. The van der Waals surface area contributed by atoms with E-state index in [-0.39, 0.29) is 29.7 Å². The topological polar surface area (TPSA) is 104 Å². The number of ether oxygens (including phenoxy) is 3. The second kappa shape index (κ2) is 15.3. The minimum atomic E-state index is -4.77. The number of halogens is 3. The molecule has 0 saturated carbocycles. The summed E-state index contributed by atoms with van der Waals surface area (Å²) in [6, 6.07) is 10.6. The first-order chi connectivity index (χ1) is 20.8. The molecule has 0 spiro atoms. The summed E-state index contributed by atoms with van der Waals surface area (Å²) in [5, 5.41) is 11.9. The van der Waals surface area contributed by atoms with E-state index in [1.807, 2.05) is 26.0 Å². The van der Waals surface area contributed by atoms with Crippen LogP contribution in [0.25, 0.3) is 0 Å². The molecule has 1 heterocycles. The molecule has 1 saturated heterocycles. The third-order valence-corrected chi connectivity index (χ3v) is 7.33. The average Bonchev–Trinajstić information content (AvgIpc) is 3.11. The first kappa shape index (κ1) is 34.8. The Morgan fingerprint density at radius 1 is 1.02 bits per heavy atom. The molecule has 0 unspecified atom stereocenters. The normalized spacial score (nSPS) is 14.6. The summed E-state index contributed by atoms with van der Waals surface area (Å²) in [7, 11) is 0. The van der Waals surface area contributed by atoms with Gasteiger partial charge in [-0.25, -0.2) is 0 Å². The Morgan fingerprint density at radius 2 is 1.66 bits per heavy atom. The van der Waals surface area contributed by atoms with E-state index in [0.717, 1.165) is 33.9 Å². The Morgan fingerprint density at radius 3 is 2.30 bits per heavy atom. The lowest BCUT2D eigenvalue weighted by atomic mass is 10.0. The number of carbonyl (C=O) groups excluding carboxylic acids is 2. The van der Waals surface area contributed by atoms with Crippen molar-refractivity contribution in [1.82, 2.24) is 10.2 Å². The quantitative estimate of drug-likeness (QED) is 0.218. The Labute approximate surface area is 260 Å². The van der Waals surface area contributed by atoms with E-state index in [4.69, 9.17) is 31.7 Å². The zero-order chi connectivity index (χ0) is 32.5. The third kappa shape index (κ3) is 9.14. The number of nitrogens with one attached hydrogen (secondary N) is 1. The number of nitriles is 1. The zero-order valence-electron chi connectivity index (χ0n) is 25.3. The highest BCUT2D eigenvalue weighted by Gasteiger charge is 2.49. The molecule has 238 valence electrons. The summed E-state index contributed by atoms with van der Waals surface area (Å²) in [4.78, 5) is 28.1. The van der Waals surface area contributed by atoms with Crippen molar-refractivity contribution in [1.29, 1.82) is 5.26 Å². The number of aryl methyl sites for hydroxylation is 2. The van der Waals surface area contributed by atoms with Crippen LogP contribution in [-0.2, 0) is 25.2 Å². The fourth-order valence-electron chi connectivity index (χ4n) is 4.75. The minimum absolute atomic E-state index is 0.0330. The highest BCUT2D eigenvalue weighted by Crippen LogP contribution is 2.38. The number of hydrogen-bond acceptors (Lipinski definition) is 7. The zero-order valence-corrected chi connectivity index (χ0v) is 26.1. The molecule has 3 rings (SSSR count). The number of rotatable bonds is 15. The predicted octanol–water partition coefficient (Wildman–Crippen LogP) is 4.91. The van der Waals surface area contributed by atoms with Gasteiger partial charge in [-0.2, -0.15) is 18.4 Å². The second-order valence-corrected chi connectivity index (χ2v) is 11.2. The molecule has 44 heavy (non-hydrogen) atoms. The molecule has 2 aromatic carbocycles. The molecule has 2 amide bonds. The number of alkyl halides is 3. The van der Waals surface area contributed by atoms with Gasteiger partial charge in [-0.05, 0) is 87.8 Å². The summed E-state index contributed by atoms with van der Waals surface area (Å²) in [5.41, 5.74) is -0.625. The second-order valence-electron chi connectivity index (χ2n) is 10.8. The molecule has 2 aromatic rings. The van der Waals surface area contributed by atoms with E-state index in [2.05, 4.69) is 11.4 Å². The molecule has 1 fully saturated rings. The maximum Gasteiger partial charge on any atom is 0.417 e. The van der Waals surface area contributed by atoms with Crippen LogP contribution in [0, 0.1) is 25.2 Å². The molecular weight excluding hydrogens is 597 g/mol. The van der Waals surface area contributed by atoms with Gasteiger partial charge in [0.1, 0.15) is 17.9 Å². The van der Waals surface area contributed by atoms with Crippen LogP contribution in [0.2, 0.25) is 0 Å². The summed E-state index contributed by atoms with van der Waals surface area (Å²) in [5.74, 6) is 0.104. The van der Waals surface area contributed by atoms with Gasteiger partial charge in [-0.3, -0.25) is 14.5 Å². The van der Waals surface area contributed by atoms with Crippen molar-refractivity contribution in [2.45, 2.75) is 52.3 Å². The summed E-state index contributed by atoms with van der Waals surface area (Å²) in [6.45, 7) is 9.76. The predicted molar refractivity (Wildman–Crippen MR) is 162 cm³/mol. The van der Waals surface area contributed by atoms with Crippen LogP contribution in [0.15, 0.2) is 36.4 Å². The van der Waals surface area contributed by atoms with Gasteiger partial charge in [-0.1, -0.05) is 6.07 Å². The van der Waals surface area contributed by atoms with Crippen LogP contribution in [-0.4, -0.2) is 73.5 Å². The number of benzene rings is 2. The van der Waals surface area contributed by atoms with Gasteiger partial charge in [0, 0.05) is 19.5 Å². The van der Waals surface area contributed by atoms with Crippen molar-refractivity contribution in [2.75, 3.05) is 51.0 Å². The van der Waals surface area contributed by atoms with Crippen LogP contribution in [0.4, 0.5) is 18.9 Å². The van der Waals surface area contributed by atoms with E-state index in [1.54, 1.807) is 18.7 Å². The Balaban J connectivity index is 1.34. The molecule has 1 aliphatic rings. The number of carbonyl (C=O) groups is 2. The molecule has 1 N–H and O–H groups in total. The van der Waals surface area contributed by atoms with E-state index >= 15 is 0 Å². The molecule has 0 radical (unpaired) electrons. The summed E-state index contributed by atoms with van der Waals surface area (Å²) in [6.07, 6.45) is -4.26. The molecule has 0 aliphatic carbocycles. The Bertz CT molecular complexity index is 1370. The van der Waals surface area contributed by atoms with Crippen LogP contribution >= 0.6 is 12.2 Å². The average molecular weight is 635 g/mol. The van der Waals surface area contributed by atoms with Gasteiger partial charge in [0.05, 0.1) is 49.3 Å². The molecule has 0 bridgehead atoms. The highest BCUT2D eigenvalue weighted by molar-refractivity contribution is 7.80. The maximum absolute atomic E-state index is 13.5. The van der Waals surface area contributed by atoms with Crippen LogP contribution in [0.1, 0.15) is 48.9 Å². The van der Waals surface area contributed by atoms with Crippen molar-refractivity contribution >= 4 is 34.8 Å². The van der Waals surface area contributed by atoms with Crippen LogP contribution in [0.5, 0.6) is 5.75 Å². The van der Waals surface area contributed by atoms with Crippen LogP contribution in [0.3, 0.4) is 0 Å². The number of nitrogens with zero attached hydrogens (tertiary/aromatic N) is 3. The minimum Gasteiger partial charge on any atom is -0.491 e. The molecule has 13 heteroatoms. The van der Waals surface area contributed by atoms with Gasteiger partial charge in [0.15, 0.2) is 5.11 Å². The number of amides is 2. The smallest absolute Gasteiger partial charge is 0.417 e. The van der Waals surface area contributed by atoms with Gasteiger partial charge >= 0.3 is 6.18 Å². The van der Waals surface area contributed by atoms with Crippen molar-refractivity contribution < 1.29 is 37.0 Å².